The highest BCUT2D eigenvalue weighted by Gasteiger charge is 2.19. The monoisotopic (exact) mass is 170 g/mol. The van der Waals surface area contributed by atoms with Crippen LogP contribution in [0.1, 0.15) is 32.6 Å². The normalized spacial score (nSPS) is 28.0. The first kappa shape index (κ1) is 10.0. The molecule has 72 valence electrons. The minimum atomic E-state index is 0.768. The van der Waals surface area contributed by atoms with E-state index >= 15 is 0 Å². The predicted octanol–water partition coefficient (Wildman–Crippen LogP) is 1.36. The topological polar surface area (TPSA) is 38.0 Å². The number of nitrogens with one attached hydrogen (secondary N) is 1. The molecule has 0 aromatic heterocycles. The van der Waals surface area contributed by atoms with Gasteiger partial charge in [-0.05, 0) is 50.7 Å². The molecule has 0 aromatic carbocycles. The smallest absolute Gasteiger partial charge is 0.00462 e. The lowest BCUT2D eigenvalue weighted by Crippen LogP contribution is -2.24. The second-order valence-electron chi connectivity index (χ2n) is 3.85. The Morgan fingerprint density at radius 2 is 2.25 bits per heavy atom. The van der Waals surface area contributed by atoms with E-state index in [2.05, 4.69) is 12.2 Å². The molecule has 2 nitrogen and oxygen atoms in total. The summed E-state index contributed by atoms with van der Waals surface area (Å²) in [5, 5.41) is 3.44. The van der Waals surface area contributed by atoms with Crippen LogP contribution in [-0.4, -0.2) is 19.6 Å². The molecule has 3 N–H and O–H groups in total. The maximum absolute atomic E-state index is 5.74. The summed E-state index contributed by atoms with van der Waals surface area (Å²) in [5.74, 6) is 1.65. The van der Waals surface area contributed by atoms with E-state index in [0.717, 1.165) is 18.4 Å². The Hall–Kier alpha value is -0.0800. The van der Waals surface area contributed by atoms with E-state index in [4.69, 9.17) is 5.73 Å². The van der Waals surface area contributed by atoms with E-state index in [1.807, 2.05) is 0 Å². The van der Waals surface area contributed by atoms with Crippen LogP contribution in [0.3, 0.4) is 0 Å². The van der Waals surface area contributed by atoms with Crippen LogP contribution in [0.2, 0.25) is 0 Å². The van der Waals surface area contributed by atoms with Crippen LogP contribution in [-0.2, 0) is 0 Å². The summed E-state index contributed by atoms with van der Waals surface area (Å²) in [6.07, 6.45) is 5.29. The molecule has 0 radical (unpaired) electrons. The number of rotatable bonds is 3. The van der Waals surface area contributed by atoms with Gasteiger partial charge in [-0.3, -0.25) is 0 Å². The second-order valence-corrected chi connectivity index (χ2v) is 3.85. The van der Waals surface area contributed by atoms with E-state index in [-0.39, 0.29) is 0 Å². The van der Waals surface area contributed by atoms with Gasteiger partial charge in [0.25, 0.3) is 0 Å². The molecular weight excluding hydrogens is 148 g/mol. The van der Waals surface area contributed by atoms with Gasteiger partial charge in [-0.2, -0.15) is 0 Å². The Bertz CT molecular complexity index is 102. The van der Waals surface area contributed by atoms with Gasteiger partial charge >= 0.3 is 0 Å². The minimum Gasteiger partial charge on any atom is -0.330 e. The van der Waals surface area contributed by atoms with Crippen LogP contribution in [0.4, 0.5) is 0 Å². The van der Waals surface area contributed by atoms with E-state index in [1.54, 1.807) is 0 Å². The van der Waals surface area contributed by atoms with E-state index in [1.165, 1.54) is 38.8 Å². The quantitative estimate of drug-likeness (QED) is 0.671. The Morgan fingerprint density at radius 3 is 2.92 bits per heavy atom. The van der Waals surface area contributed by atoms with Gasteiger partial charge in [-0.1, -0.05) is 13.3 Å². The Balaban J connectivity index is 2.35. The van der Waals surface area contributed by atoms with Crippen molar-refractivity contribution in [3.8, 4) is 0 Å². The maximum Gasteiger partial charge on any atom is -0.00462 e. The molecule has 0 spiro atoms. The van der Waals surface area contributed by atoms with Crippen LogP contribution in [0.5, 0.6) is 0 Å². The second kappa shape index (κ2) is 5.55. The van der Waals surface area contributed by atoms with Gasteiger partial charge in [-0.15, -0.1) is 0 Å². The summed E-state index contributed by atoms with van der Waals surface area (Å²) in [4.78, 5) is 0. The average molecular weight is 170 g/mol. The fraction of sp³-hybridized carbons (Fsp3) is 1.00. The van der Waals surface area contributed by atoms with Gasteiger partial charge in [-0.25, -0.2) is 0 Å². The molecule has 2 heteroatoms. The van der Waals surface area contributed by atoms with Gasteiger partial charge in [0.05, 0.1) is 0 Å². The van der Waals surface area contributed by atoms with E-state index in [0.29, 0.717) is 0 Å². The third kappa shape index (κ3) is 2.76. The van der Waals surface area contributed by atoms with Crippen molar-refractivity contribution >= 4 is 0 Å². The van der Waals surface area contributed by atoms with Gasteiger partial charge in [0.15, 0.2) is 0 Å². The molecule has 2 atom stereocenters. The van der Waals surface area contributed by atoms with Crippen molar-refractivity contribution in [2.45, 2.75) is 32.6 Å². The molecule has 0 saturated carbocycles. The van der Waals surface area contributed by atoms with Crippen molar-refractivity contribution in [3.05, 3.63) is 0 Å². The first-order valence-electron chi connectivity index (χ1n) is 5.29. The zero-order valence-corrected chi connectivity index (χ0v) is 8.18. The first-order valence-corrected chi connectivity index (χ1v) is 5.29. The van der Waals surface area contributed by atoms with Crippen LogP contribution in [0.15, 0.2) is 0 Å². The fourth-order valence-corrected chi connectivity index (χ4v) is 2.21. The van der Waals surface area contributed by atoms with Crippen molar-refractivity contribution in [2.75, 3.05) is 19.6 Å². The molecule has 1 fully saturated rings. The zero-order chi connectivity index (χ0) is 8.81. The predicted molar refractivity (Wildman–Crippen MR) is 53.0 cm³/mol. The Kier molecular flexibility index (Phi) is 4.62. The van der Waals surface area contributed by atoms with Crippen LogP contribution in [0, 0.1) is 11.8 Å². The summed E-state index contributed by atoms with van der Waals surface area (Å²) in [6, 6.07) is 0. The van der Waals surface area contributed by atoms with E-state index in [9.17, 15) is 0 Å². The summed E-state index contributed by atoms with van der Waals surface area (Å²) < 4.78 is 0. The molecule has 0 aliphatic carbocycles. The number of hydrogen-bond acceptors (Lipinski definition) is 2. The lowest BCUT2D eigenvalue weighted by Gasteiger charge is -2.22. The van der Waals surface area contributed by atoms with Crippen LogP contribution >= 0.6 is 0 Å². The summed E-state index contributed by atoms with van der Waals surface area (Å²) in [5.41, 5.74) is 5.74. The standard InChI is InChI=1S/C10H22N2/c1-2-9(8-11)10-4-3-6-12-7-5-10/h9-10,12H,2-8,11H2,1H3. The van der Waals surface area contributed by atoms with Crippen LogP contribution < -0.4 is 11.1 Å². The van der Waals surface area contributed by atoms with Crippen LogP contribution in [0.25, 0.3) is 0 Å². The first-order chi connectivity index (χ1) is 5.88. The number of hydrogen-bond donors (Lipinski definition) is 2. The molecule has 1 aliphatic heterocycles. The average Bonchev–Trinajstić information content (AvgIpc) is 2.35. The third-order valence-corrected chi connectivity index (χ3v) is 3.11. The zero-order valence-electron chi connectivity index (χ0n) is 8.18. The van der Waals surface area contributed by atoms with Crippen molar-refractivity contribution in [3.63, 3.8) is 0 Å². The fourth-order valence-electron chi connectivity index (χ4n) is 2.21. The molecular formula is C10H22N2. The molecule has 1 heterocycles. The highest BCUT2D eigenvalue weighted by Crippen LogP contribution is 2.24. The molecule has 12 heavy (non-hydrogen) atoms. The van der Waals surface area contributed by atoms with Crippen molar-refractivity contribution in [1.82, 2.24) is 5.32 Å². The molecule has 1 aliphatic rings. The molecule has 0 amide bonds. The number of nitrogens with two attached hydrogens (primary N) is 1. The third-order valence-electron chi connectivity index (χ3n) is 3.11. The molecule has 0 bridgehead atoms. The largest absolute Gasteiger partial charge is 0.330 e. The van der Waals surface area contributed by atoms with Gasteiger partial charge in [0, 0.05) is 0 Å². The van der Waals surface area contributed by atoms with Gasteiger partial charge in [0.2, 0.25) is 0 Å². The SMILES string of the molecule is CCC(CN)C1CCCNCC1. The van der Waals surface area contributed by atoms with Crippen molar-refractivity contribution in [1.29, 1.82) is 0 Å². The van der Waals surface area contributed by atoms with E-state index < -0.39 is 0 Å². The Morgan fingerprint density at radius 1 is 1.42 bits per heavy atom. The summed E-state index contributed by atoms with van der Waals surface area (Å²) in [7, 11) is 0. The minimum absolute atomic E-state index is 0.768. The molecule has 1 saturated heterocycles. The van der Waals surface area contributed by atoms with Gasteiger partial charge < -0.3 is 11.1 Å². The molecule has 1 rings (SSSR count). The Labute approximate surface area is 75.9 Å². The molecule has 2 unspecified atom stereocenters. The van der Waals surface area contributed by atoms with Crippen molar-refractivity contribution < 1.29 is 0 Å². The highest BCUT2D eigenvalue weighted by molar-refractivity contribution is 4.73. The lowest BCUT2D eigenvalue weighted by atomic mass is 9.85. The summed E-state index contributed by atoms with van der Waals surface area (Å²) >= 11 is 0. The highest BCUT2D eigenvalue weighted by atomic mass is 14.9. The maximum atomic E-state index is 5.74. The lowest BCUT2D eigenvalue weighted by molar-refractivity contribution is 0.302. The van der Waals surface area contributed by atoms with Crippen molar-refractivity contribution in [2.24, 2.45) is 17.6 Å². The van der Waals surface area contributed by atoms with Gasteiger partial charge in [0.1, 0.15) is 0 Å². The summed E-state index contributed by atoms with van der Waals surface area (Å²) in [6.45, 7) is 5.54. The molecule has 0 aromatic rings.